The maximum Gasteiger partial charge on any atom is 0.232 e. The third kappa shape index (κ3) is 4.25. The van der Waals surface area contributed by atoms with E-state index in [0.717, 1.165) is 31.9 Å². The van der Waals surface area contributed by atoms with E-state index in [4.69, 9.17) is 0 Å². The molecule has 0 aliphatic carbocycles. The van der Waals surface area contributed by atoms with Crippen molar-refractivity contribution in [2.75, 3.05) is 31.9 Å². The maximum absolute atomic E-state index is 12.0. The highest BCUT2D eigenvalue weighted by Crippen LogP contribution is 2.18. The summed E-state index contributed by atoms with van der Waals surface area (Å²) >= 11 is 1.72. The Morgan fingerprint density at radius 1 is 1.32 bits per heavy atom. The summed E-state index contributed by atoms with van der Waals surface area (Å²) < 4.78 is 0. The molecule has 1 aliphatic rings. The van der Waals surface area contributed by atoms with Crippen LogP contribution >= 0.6 is 11.8 Å². The van der Waals surface area contributed by atoms with Crippen LogP contribution in [0.15, 0.2) is 18.2 Å². The van der Waals surface area contributed by atoms with E-state index in [9.17, 15) is 4.79 Å². The second-order valence-corrected chi connectivity index (χ2v) is 6.04. The van der Waals surface area contributed by atoms with Crippen LogP contribution in [0.5, 0.6) is 0 Å². The van der Waals surface area contributed by atoms with Crippen LogP contribution in [0.4, 0.5) is 0 Å². The van der Waals surface area contributed by atoms with Crippen molar-refractivity contribution in [2.45, 2.75) is 19.6 Å². The molecular weight excluding hydrogens is 256 g/mol. The molecular formula is C15H22N2OS. The van der Waals surface area contributed by atoms with Crippen LogP contribution in [0.2, 0.25) is 0 Å². The number of thioether (sulfide) groups is 1. The van der Waals surface area contributed by atoms with E-state index in [1.807, 2.05) is 4.90 Å². The number of hydrogen-bond acceptors (Lipinski definition) is 3. The first-order valence-corrected chi connectivity index (χ1v) is 7.94. The molecule has 1 aliphatic heterocycles. The van der Waals surface area contributed by atoms with Gasteiger partial charge >= 0.3 is 0 Å². The number of nitrogens with one attached hydrogen (secondary N) is 1. The first kappa shape index (κ1) is 14.4. The first-order chi connectivity index (χ1) is 9.16. The van der Waals surface area contributed by atoms with Crippen LogP contribution in [-0.2, 0) is 10.5 Å². The summed E-state index contributed by atoms with van der Waals surface area (Å²) in [5.41, 5.74) is 3.94. The van der Waals surface area contributed by atoms with E-state index in [1.54, 1.807) is 11.8 Å². The second kappa shape index (κ2) is 6.96. The highest BCUT2D eigenvalue weighted by molar-refractivity contribution is 7.99. The zero-order chi connectivity index (χ0) is 13.7. The first-order valence-electron chi connectivity index (χ1n) is 6.79. The molecule has 1 heterocycles. The lowest BCUT2D eigenvalue weighted by atomic mass is 10.1. The Balaban J connectivity index is 1.79. The Labute approximate surface area is 119 Å². The van der Waals surface area contributed by atoms with Gasteiger partial charge in [-0.3, -0.25) is 4.79 Å². The standard InChI is InChI=1S/C15H22N2OS/c1-12-3-4-13(2)14(9-12)10-19-11-15(18)17-7-5-16-6-8-17/h3-4,9,16H,5-8,10-11H2,1-2H3. The molecule has 0 unspecified atom stereocenters. The molecule has 1 fully saturated rings. The normalized spacial score (nSPS) is 15.6. The molecule has 0 radical (unpaired) electrons. The van der Waals surface area contributed by atoms with Crippen LogP contribution in [-0.4, -0.2) is 42.7 Å². The van der Waals surface area contributed by atoms with Gasteiger partial charge in [0.2, 0.25) is 5.91 Å². The van der Waals surface area contributed by atoms with Crippen molar-refractivity contribution in [1.82, 2.24) is 10.2 Å². The van der Waals surface area contributed by atoms with Gasteiger partial charge in [-0.2, -0.15) is 0 Å². The minimum Gasteiger partial charge on any atom is -0.339 e. The molecule has 1 saturated heterocycles. The van der Waals surface area contributed by atoms with Gasteiger partial charge in [0.25, 0.3) is 0 Å². The van der Waals surface area contributed by atoms with Gasteiger partial charge in [-0.05, 0) is 25.0 Å². The van der Waals surface area contributed by atoms with Gasteiger partial charge in [0, 0.05) is 31.9 Å². The Morgan fingerprint density at radius 3 is 2.79 bits per heavy atom. The van der Waals surface area contributed by atoms with E-state index in [-0.39, 0.29) is 5.91 Å². The van der Waals surface area contributed by atoms with E-state index in [2.05, 4.69) is 37.4 Å². The summed E-state index contributed by atoms with van der Waals surface area (Å²) in [5, 5.41) is 3.26. The fraction of sp³-hybridized carbons (Fsp3) is 0.533. The molecule has 0 spiro atoms. The molecule has 19 heavy (non-hydrogen) atoms. The lowest BCUT2D eigenvalue weighted by Crippen LogP contribution is -2.47. The van der Waals surface area contributed by atoms with Crippen molar-refractivity contribution in [3.05, 3.63) is 34.9 Å². The predicted octanol–water partition coefficient (Wildman–Crippen LogP) is 1.97. The van der Waals surface area contributed by atoms with E-state index in [0.29, 0.717) is 5.75 Å². The Bertz CT molecular complexity index is 442. The molecule has 2 rings (SSSR count). The molecule has 1 aromatic rings. The van der Waals surface area contributed by atoms with Crippen LogP contribution in [0.3, 0.4) is 0 Å². The summed E-state index contributed by atoms with van der Waals surface area (Å²) in [4.78, 5) is 14.0. The summed E-state index contributed by atoms with van der Waals surface area (Å²) in [6.07, 6.45) is 0. The summed E-state index contributed by atoms with van der Waals surface area (Å²) in [7, 11) is 0. The number of piperazine rings is 1. The number of aryl methyl sites for hydroxylation is 2. The summed E-state index contributed by atoms with van der Waals surface area (Å²) in [5.74, 6) is 1.79. The quantitative estimate of drug-likeness (QED) is 0.914. The molecule has 3 nitrogen and oxygen atoms in total. The molecule has 0 aromatic heterocycles. The fourth-order valence-corrected chi connectivity index (χ4v) is 3.20. The smallest absolute Gasteiger partial charge is 0.232 e. The molecule has 104 valence electrons. The zero-order valence-electron chi connectivity index (χ0n) is 11.7. The largest absolute Gasteiger partial charge is 0.339 e. The van der Waals surface area contributed by atoms with Crippen LogP contribution < -0.4 is 5.32 Å². The van der Waals surface area contributed by atoms with Gasteiger partial charge in [0.05, 0.1) is 5.75 Å². The van der Waals surface area contributed by atoms with Crippen molar-refractivity contribution < 1.29 is 4.79 Å². The average molecular weight is 278 g/mol. The van der Waals surface area contributed by atoms with Crippen molar-refractivity contribution in [1.29, 1.82) is 0 Å². The van der Waals surface area contributed by atoms with Crippen molar-refractivity contribution >= 4 is 17.7 Å². The lowest BCUT2D eigenvalue weighted by molar-refractivity contribution is -0.128. The van der Waals surface area contributed by atoms with E-state index >= 15 is 0 Å². The Kier molecular flexibility index (Phi) is 5.28. The fourth-order valence-electron chi connectivity index (χ4n) is 2.21. The summed E-state index contributed by atoms with van der Waals surface area (Å²) in [6.45, 7) is 7.79. The topological polar surface area (TPSA) is 32.3 Å². The number of amides is 1. The average Bonchev–Trinajstić information content (AvgIpc) is 2.43. The lowest BCUT2D eigenvalue weighted by Gasteiger charge is -2.27. The molecule has 1 aromatic carbocycles. The van der Waals surface area contributed by atoms with Crippen LogP contribution in [0.25, 0.3) is 0 Å². The maximum atomic E-state index is 12.0. The summed E-state index contributed by atoms with van der Waals surface area (Å²) in [6, 6.07) is 6.51. The molecule has 0 bridgehead atoms. The van der Waals surface area contributed by atoms with Gasteiger partial charge in [-0.1, -0.05) is 23.8 Å². The molecule has 4 heteroatoms. The van der Waals surface area contributed by atoms with E-state index < -0.39 is 0 Å². The highest BCUT2D eigenvalue weighted by atomic mass is 32.2. The molecule has 0 saturated carbocycles. The molecule has 1 N–H and O–H groups in total. The molecule has 0 atom stereocenters. The number of carbonyl (C=O) groups excluding carboxylic acids is 1. The van der Waals surface area contributed by atoms with Gasteiger partial charge in [0.15, 0.2) is 0 Å². The molecule has 1 amide bonds. The van der Waals surface area contributed by atoms with Crippen LogP contribution in [0, 0.1) is 13.8 Å². The zero-order valence-corrected chi connectivity index (χ0v) is 12.6. The minimum atomic E-state index is 0.275. The number of nitrogens with zero attached hydrogens (tertiary/aromatic N) is 1. The highest BCUT2D eigenvalue weighted by Gasteiger charge is 2.15. The van der Waals surface area contributed by atoms with Crippen molar-refractivity contribution in [3.63, 3.8) is 0 Å². The van der Waals surface area contributed by atoms with Gasteiger partial charge in [-0.15, -0.1) is 11.8 Å². The van der Waals surface area contributed by atoms with E-state index in [1.165, 1.54) is 16.7 Å². The third-order valence-corrected chi connectivity index (χ3v) is 4.42. The number of hydrogen-bond donors (Lipinski definition) is 1. The Hall–Kier alpha value is -1.00. The van der Waals surface area contributed by atoms with Crippen LogP contribution in [0.1, 0.15) is 16.7 Å². The van der Waals surface area contributed by atoms with Gasteiger partial charge < -0.3 is 10.2 Å². The minimum absolute atomic E-state index is 0.275. The van der Waals surface area contributed by atoms with Gasteiger partial charge in [-0.25, -0.2) is 0 Å². The third-order valence-electron chi connectivity index (χ3n) is 3.46. The SMILES string of the molecule is Cc1ccc(C)c(CSCC(=O)N2CCNCC2)c1. The van der Waals surface area contributed by atoms with Crippen molar-refractivity contribution in [2.24, 2.45) is 0 Å². The van der Waals surface area contributed by atoms with Gasteiger partial charge in [0.1, 0.15) is 0 Å². The number of carbonyl (C=O) groups is 1. The number of benzene rings is 1. The number of rotatable bonds is 4. The monoisotopic (exact) mass is 278 g/mol. The predicted molar refractivity (Wildman–Crippen MR) is 81.5 cm³/mol. The second-order valence-electron chi connectivity index (χ2n) is 5.05. The van der Waals surface area contributed by atoms with Crippen molar-refractivity contribution in [3.8, 4) is 0 Å². The Morgan fingerprint density at radius 2 is 2.05 bits per heavy atom.